The predicted octanol–water partition coefficient (Wildman–Crippen LogP) is 5.44. The monoisotopic (exact) mass is 484 g/mol. The van der Waals surface area contributed by atoms with E-state index >= 15 is 0 Å². The Labute approximate surface area is 202 Å². The molecule has 0 atom stereocenters. The highest BCUT2D eigenvalue weighted by Crippen LogP contribution is 2.42. The standard InChI is InChI=1S/C24H24N4O3S.ClH/c1-3-12-28-13-20(14-28)30-19-10-6-16(7-11-19)21-22(24-15(2)25-27-32-24)26-31-23(21)17-4-8-18(29)9-5-17;/h4-11,20,29H,3,12-14H2,1-2H3;1H. The van der Waals surface area contributed by atoms with E-state index in [2.05, 4.69) is 26.6 Å². The number of aryl methyl sites for hydroxylation is 1. The minimum absolute atomic E-state index is 0. The van der Waals surface area contributed by atoms with E-state index in [-0.39, 0.29) is 24.3 Å². The number of aromatic hydroxyl groups is 1. The highest BCUT2D eigenvalue weighted by Gasteiger charge is 2.28. The summed E-state index contributed by atoms with van der Waals surface area (Å²) in [6, 6.07) is 15.0. The molecule has 0 bridgehead atoms. The van der Waals surface area contributed by atoms with Gasteiger partial charge in [-0.3, -0.25) is 4.90 Å². The van der Waals surface area contributed by atoms with Crippen LogP contribution in [-0.2, 0) is 0 Å². The Bertz CT molecular complexity index is 1200. The Balaban J connectivity index is 0.00000259. The number of aromatic nitrogens is 3. The van der Waals surface area contributed by atoms with Crippen molar-refractivity contribution in [2.45, 2.75) is 26.4 Å². The lowest BCUT2D eigenvalue weighted by atomic mass is 9.98. The summed E-state index contributed by atoms with van der Waals surface area (Å²) in [6.45, 7) is 7.19. The number of likely N-dealkylation sites (tertiary alicyclic amines) is 1. The van der Waals surface area contributed by atoms with Crippen LogP contribution in [0.2, 0.25) is 0 Å². The van der Waals surface area contributed by atoms with Crippen LogP contribution in [0.25, 0.3) is 33.0 Å². The molecule has 1 fully saturated rings. The molecule has 0 unspecified atom stereocenters. The number of rotatable bonds is 7. The highest BCUT2D eigenvalue weighted by molar-refractivity contribution is 7.09. The molecule has 1 aliphatic rings. The maximum atomic E-state index is 9.68. The lowest BCUT2D eigenvalue weighted by Crippen LogP contribution is -2.53. The fraction of sp³-hybridized carbons (Fsp3) is 0.292. The third kappa shape index (κ3) is 4.73. The third-order valence-corrected chi connectivity index (χ3v) is 6.43. The Kier molecular flexibility index (Phi) is 6.97. The number of nitrogens with zero attached hydrogens (tertiary/aromatic N) is 4. The summed E-state index contributed by atoms with van der Waals surface area (Å²) in [5.74, 6) is 1.69. The van der Waals surface area contributed by atoms with Crippen LogP contribution >= 0.6 is 23.9 Å². The van der Waals surface area contributed by atoms with Gasteiger partial charge < -0.3 is 14.4 Å². The quantitative estimate of drug-likeness (QED) is 0.374. The first-order valence-corrected chi connectivity index (χ1v) is 11.5. The second kappa shape index (κ2) is 9.91. The molecule has 0 amide bonds. The number of halogens is 1. The molecule has 1 N–H and O–H groups in total. The van der Waals surface area contributed by atoms with E-state index in [0.717, 1.165) is 52.6 Å². The van der Waals surface area contributed by atoms with E-state index in [4.69, 9.17) is 9.26 Å². The highest BCUT2D eigenvalue weighted by atomic mass is 35.5. The van der Waals surface area contributed by atoms with Crippen LogP contribution in [0.3, 0.4) is 0 Å². The largest absolute Gasteiger partial charge is 0.508 e. The Morgan fingerprint density at radius 3 is 2.42 bits per heavy atom. The number of hydrogen-bond donors (Lipinski definition) is 1. The summed E-state index contributed by atoms with van der Waals surface area (Å²) in [7, 11) is 0. The van der Waals surface area contributed by atoms with Crippen LogP contribution < -0.4 is 4.74 Å². The Hall–Kier alpha value is -2.94. The number of phenols is 1. The predicted molar refractivity (Wildman–Crippen MR) is 131 cm³/mol. The first-order valence-electron chi connectivity index (χ1n) is 10.7. The van der Waals surface area contributed by atoms with Gasteiger partial charge >= 0.3 is 0 Å². The van der Waals surface area contributed by atoms with E-state index in [1.807, 2.05) is 43.3 Å². The summed E-state index contributed by atoms with van der Waals surface area (Å²) in [5.41, 5.74) is 4.18. The zero-order chi connectivity index (χ0) is 22.1. The molecule has 0 spiro atoms. The molecule has 0 radical (unpaired) electrons. The van der Waals surface area contributed by atoms with Gasteiger partial charge in [0.2, 0.25) is 0 Å². The zero-order valence-corrected chi connectivity index (χ0v) is 20.0. The van der Waals surface area contributed by atoms with Gasteiger partial charge in [-0.1, -0.05) is 28.7 Å². The normalized spacial score (nSPS) is 14.0. The van der Waals surface area contributed by atoms with Crippen LogP contribution in [0.1, 0.15) is 19.0 Å². The van der Waals surface area contributed by atoms with Crippen molar-refractivity contribution in [1.82, 2.24) is 19.6 Å². The third-order valence-electron chi connectivity index (χ3n) is 5.60. The fourth-order valence-corrected chi connectivity index (χ4v) is 4.60. The Morgan fingerprint density at radius 2 is 1.79 bits per heavy atom. The van der Waals surface area contributed by atoms with Gasteiger partial charge in [-0.15, -0.1) is 17.5 Å². The van der Waals surface area contributed by atoms with Crippen LogP contribution in [0.15, 0.2) is 53.1 Å². The summed E-state index contributed by atoms with van der Waals surface area (Å²) in [5, 5.41) is 18.2. The van der Waals surface area contributed by atoms with Gasteiger partial charge in [0.1, 0.15) is 28.2 Å². The van der Waals surface area contributed by atoms with Crippen molar-refractivity contribution in [3.8, 4) is 44.5 Å². The molecule has 0 aliphatic carbocycles. The van der Waals surface area contributed by atoms with Gasteiger partial charge in [-0.05, 0) is 73.4 Å². The van der Waals surface area contributed by atoms with Gasteiger partial charge in [-0.25, -0.2) is 0 Å². The van der Waals surface area contributed by atoms with Crippen molar-refractivity contribution in [3.05, 3.63) is 54.2 Å². The van der Waals surface area contributed by atoms with Gasteiger partial charge in [-0.2, -0.15) is 0 Å². The lowest BCUT2D eigenvalue weighted by Gasteiger charge is -2.38. The maximum Gasteiger partial charge on any atom is 0.175 e. The van der Waals surface area contributed by atoms with Gasteiger partial charge in [0.25, 0.3) is 0 Å². The molecule has 0 saturated carbocycles. The van der Waals surface area contributed by atoms with Crippen molar-refractivity contribution < 1.29 is 14.4 Å². The molecule has 2 aromatic carbocycles. The summed E-state index contributed by atoms with van der Waals surface area (Å²) in [6.07, 6.45) is 1.41. The fourth-order valence-electron chi connectivity index (χ4n) is 3.96. The molecule has 1 saturated heterocycles. The average Bonchev–Trinajstić information content (AvgIpc) is 3.39. The molecular weight excluding hydrogens is 460 g/mol. The molecule has 9 heteroatoms. The van der Waals surface area contributed by atoms with E-state index in [1.54, 1.807) is 12.1 Å². The van der Waals surface area contributed by atoms with Gasteiger partial charge in [0.05, 0.1) is 11.3 Å². The van der Waals surface area contributed by atoms with E-state index in [0.29, 0.717) is 11.5 Å². The summed E-state index contributed by atoms with van der Waals surface area (Å²) < 4.78 is 16.0. The van der Waals surface area contributed by atoms with Gasteiger partial charge in [0, 0.05) is 18.7 Å². The van der Waals surface area contributed by atoms with Crippen LogP contribution in [0, 0.1) is 6.92 Å². The molecule has 4 aromatic rings. The molecule has 172 valence electrons. The molecular formula is C24H25ClN4O3S. The minimum Gasteiger partial charge on any atom is -0.508 e. The summed E-state index contributed by atoms with van der Waals surface area (Å²) in [4.78, 5) is 3.28. The molecule has 33 heavy (non-hydrogen) atoms. The summed E-state index contributed by atoms with van der Waals surface area (Å²) >= 11 is 1.30. The van der Waals surface area contributed by atoms with E-state index in [1.165, 1.54) is 18.0 Å². The first-order chi connectivity index (χ1) is 15.6. The Morgan fingerprint density at radius 1 is 1.09 bits per heavy atom. The van der Waals surface area contributed by atoms with Gasteiger partial charge in [0.15, 0.2) is 5.76 Å². The maximum absolute atomic E-state index is 9.68. The molecule has 1 aliphatic heterocycles. The van der Waals surface area contributed by atoms with Crippen molar-refractivity contribution in [1.29, 1.82) is 0 Å². The van der Waals surface area contributed by atoms with E-state index in [9.17, 15) is 5.11 Å². The topological polar surface area (TPSA) is 84.5 Å². The second-order valence-corrected chi connectivity index (χ2v) is 8.75. The van der Waals surface area contributed by atoms with Crippen LogP contribution in [0.5, 0.6) is 11.5 Å². The molecule has 3 heterocycles. The first kappa shape index (κ1) is 23.2. The van der Waals surface area contributed by atoms with Crippen molar-refractivity contribution in [3.63, 3.8) is 0 Å². The number of phenolic OH excluding ortho intramolecular Hbond substituents is 1. The average molecular weight is 485 g/mol. The minimum atomic E-state index is 0. The van der Waals surface area contributed by atoms with Crippen LogP contribution in [-0.4, -0.2) is 50.5 Å². The number of hydrogen-bond acceptors (Lipinski definition) is 8. The smallest absolute Gasteiger partial charge is 0.175 e. The van der Waals surface area contributed by atoms with Crippen molar-refractivity contribution >= 4 is 23.9 Å². The molecule has 7 nitrogen and oxygen atoms in total. The number of ether oxygens (including phenoxy) is 1. The molecule has 2 aromatic heterocycles. The zero-order valence-electron chi connectivity index (χ0n) is 18.4. The number of benzene rings is 2. The second-order valence-electron chi connectivity index (χ2n) is 7.99. The molecule has 5 rings (SSSR count). The van der Waals surface area contributed by atoms with Crippen molar-refractivity contribution in [2.75, 3.05) is 19.6 Å². The van der Waals surface area contributed by atoms with E-state index < -0.39 is 0 Å². The van der Waals surface area contributed by atoms with Crippen molar-refractivity contribution in [2.24, 2.45) is 0 Å². The lowest BCUT2D eigenvalue weighted by molar-refractivity contribution is 0.0203. The SMILES string of the molecule is CCCN1CC(Oc2ccc(-c3c(-c4snnc4C)noc3-c3ccc(O)cc3)cc2)C1.Cl. The van der Waals surface area contributed by atoms with Crippen LogP contribution in [0.4, 0.5) is 0 Å².